The molecule has 0 bridgehead atoms. The zero-order chi connectivity index (χ0) is 17.1. The standard InChI is InChI=1S/C17H20N4O2/c1-11(2)14(12-8-6-5-7-9-12)19-15-13(10-18)16(22)21(4)17(23)20(15)3/h5-9,11,14,19H,1-4H3/t14-/m0/s1. The fourth-order valence-corrected chi connectivity index (χ4v) is 2.56. The molecule has 2 aromatic rings. The molecular weight excluding hydrogens is 292 g/mol. The van der Waals surface area contributed by atoms with Crippen molar-refractivity contribution in [1.29, 1.82) is 5.26 Å². The van der Waals surface area contributed by atoms with Crippen LogP contribution in [-0.2, 0) is 14.1 Å². The van der Waals surface area contributed by atoms with Crippen molar-refractivity contribution in [2.45, 2.75) is 19.9 Å². The Balaban J connectivity index is 2.61. The van der Waals surface area contributed by atoms with Crippen LogP contribution in [0.5, 0.6) is 0 Å². The average Bonchev–Trinajstić information content (AvgIpc) is 2.55. The lowest BCUT2D eigenvalue weighted by Gasteiger charge is -2.25. The van der Waals surface area contributed by atoms with E-state index in [0.29, 0.717) is 0 Å². The highest BCUT2D eigenvalue weighted by molar-refractivity contribution is 5.52. The van der Waals surface area contributed by atoms with Gasteiger partial charge in [-0.3, -0.25) is 13.9 Å². The van der Waals surface area contributed by atoms with Gasteiger partial charge >= 0.3 is 5.69 Å². The summed E-state index contributed by atoms with van der Waals surface area (Å²) in [6.45, 7) is 4.08. The van der Waals surface area contributed by atoms with Crippen LogP contribution < -0.4 is 16.6 Å². The number of benzene rings is 1. The third-order valence-corrected chi connectivity index (χ3v) is 3.89. The van der Waals surface area contributed by atoms with E-state index in [4.69, 9.17) is 0 Å². The fourth-order valence-electron chi connectivity index (χ4n) is 2.56. The Bertz CT molecular complexity index is 857. The summed E-state index contributed by atoms with van der Waals surface area (Å²) in [4.78, 5) is 24.3. The number of nitrogens with one attached hydrogen (secondary N) is 1. The number of nitriles is 1. The lowest BCUT2D eigenvalue weighted by molar-refractivity contribution is 0.538. The molecule has 2 rings (SSSR count). The van der Waals surface area contributed by atoms with Crippen LogP contribution in [-0.4, -0.2) is 9.13 Å². The summed E-state index contributed by atoms with van der Waals surface area (Å²) in [6, 6.07) is 11.5. The average molecular weight is 312 g/mol. The minimum atomic E-state index is -0.589. The maximum absolute atomic E-state index is 12.2. The van der Waals surface area contributed by atoms with Crippen molar-refractivity contribution in [2.24, 2.45) is 20.0 Å². The van der Waals surface area contributed by atoms with Crippen LogP contribution >= 0.6 is 0 Å². The molecule has 6 nitrogen and oxygen atoms in total. The van der Waals surface area contributed by atoms with E-state index in [1.165, 1.54) is 11.6 Å². The van der Waals surface area contributed by atoms with E-state index in [9.17, 15) is 14.9 Å². The van der Waals surface area contributed by atoms with Gasteiger partial charge in [0.25, 0.3) is 5.56 Å². The smallest absolute Gasteiger partial charge is 0.332 e. The van der Waals surface area contributed by atoms with E-state index < -0.39 is 11.2 Å². The maximum Gasteiger partial charge on any atom is 0.332 e. The molecule has 0 spiro atoms. The quantitative estimate of drug-likeness (QED) is 0.933. The third kappa shape index (κ3) is 3.04. The minimum absolute atomic E-state index is 0.0591. The second-order valence-electron chi connectivity index (χ2n) is 5.82. The van der Waals surface area contributed by atoms with Crippen molar-refractivity contribution in [3.63, 3.8) is 0 Å². The summed E-state index contributed by atoms with van der Waals surface area (Å²) in [5.41, 5.74) is -0.0866. The van der Waals surface area contributed by atoms with Crippen molar-refractivity contribution in [3.05, 3.63) is 62.3 Å². The topological polar surface area (TPSA) is 79.8 Å². The highest BCUT2D eigenvalue weighted by Crippen LogP contribution is 2.26. The molecule has 0 aliphatic carbocycles. The number of rotatable bonds is 4. The molecular formula is C17H20N4O2. The van der Waals surface area contributed by atoms with Crippen molar-refractivity contribution in [3.8, 4) is 6.07 Å². The Kier molecular flexibility index (Phi) is 4.70. The van der Waals surface area contributed by atoms with Crippen molar-refractivity contribution in [2.75, 3.05) is 5.32 Å². The van der Waals surface area contributed by atoms with Crippen LogP contribution in [0, 0.1) is 17.2 Å². The molecule has 1 aromatic heterocycles. The Labute approximate surface area is 134 Å². The fraction of sp³-hybridized carbons (Fsp3) is 0.353. The van der Waals surface area contributed by atoms with Gasteiger partial charge in [-0.25, -0.2) is 4.79 Å². The van der Waals surface area contributed by atoms with Crippen molar-refractivity contribution in [1.82, 2.24) is 9.13 Å². The highest BCUT2D eigenvalue weighted by Gasteiger charge is 2.21. The number of aromatic nitrogens is 2. The molecule has 0 radical (unpaired) electrons. The Hall–Kier alpha value is -2.81. The molecule has 1 aromatic carbocycles. The summed E-state index contributed by atoms with van der Waals surface area (Å²) in [7, 11) is 2.92. The second kappa shape index (κ2) is 6.53. The molecule has 23 heavy (non-hydrogen) atoms. The molecule has 0 amide bonds. The van der Waals surface area contributed by atoms with E-state index in [1.807, 2.05) is 50.2 Å². The summed E-state index contributed by atoms with van der Waals surface area (Å²) in [5.74, 6) is 0.450. The molecule has 1 N–H and O–H groups in total. The molecule has 0 aliphatic heterocycles. The zero-order valence-electron chi connectivity index (χ0n) is 13.7. The van der Waals surface area contributed by atoms with Crippen LogP contribution in [0.1, 0.15) is 31.0 Å². The van der Waals surface area contributed by atoms with Gasteiger partial charge in [0.1, 0.15) is 11.9 Å². The Morgan fingerprint density at radius 2 is 1.70 bits per heavy atom. The third-order valence-electron chi connectivity index (χ3n) is 3.89. The molecule has 1 heterocycles. The molecule has 120 valence electrons. The first-order valence-electron chi connectivity index (χ1n) is 7.40. The lowest BCUT2D eigenvalue weighted by atomic mass is 9.96. The maximum atomic E-state index is 12.2. The van der Waals surface area contributed by atoms with Gasteiger partial charge < -0.3 is 5.32 Å². The van der Waals surface area contributed by atoms with Gasteiger partial charge in [-0.15, -0.1) is 0 Å². The number of hydrogen-bond donors (Lipinski definition) is 1. The van der Waals surface area contributed by atoms with Crippen LogP contribution in [0.2, 0.25) is 0 Å². The van der Waals surface area contributed by atoms with E-state index in [2.05, 4.69) is 5.32 Å². The molecule has 6 heteroatoms. The van der Waals surface area contributed by atoms with Gasteiger partial charge in [0, 0.05) is 14.1 Å². The van der Waals surface area contributed by atoms with E-state index in [0.717, 1.165) is 10.1 Å². The van der Waals surface area contributed by atoms with Crippen LogP contribution in [0.15, 0.2) is 39.9 Å². The number of anilines is 1. The van der Waals surface area contributed by atoms with E-state index >= 15 is 0 Å². The highest BCUT2D eigenvalue weighted by atomic mass is 16.2. The van der Waals surface area contributed by atoms with Gasteiger partial charge in [-0.2, -0.15) is 5.26 Å². The molecule has 0 unspecified atom stereocenters. The van der Waals surface area contributed by atoms with Gasteiger partial charge in [-0.1, -0.05) is 44.2 Å². The molecule has 0 saturated carbocycles. The van der Waals surface area contributed by atoms with E-state index in [-0.39, 0.29) is 23.3 Å². The first-order chi connectivity index (χ1) is 10.9. The Morgan fingerprint density at radius 3 is 2.22 bits per heavy atom. The van der Waals surface area contributed by atoms with Crippen LogP contribution in [0.25, 0.3) is 0 Å². The summed E-state index contributed by atoms with van der Waals surface area (Å²) in [6.07, 6.45) is 0. The monoisotopic (exact) mass is 312 g/mol. The molecule has 0 saturated heterocycles. The predicted octanol–water partition coefficient (Wildman–Crippen LogP) is 1.76. The largest absolute Gasteiger partial charge is 0.363 e. The summed E-state index contributed by atoms with van der Waals surface area (Å²) >= 11 is 0. The van der Waals surface area contributed by atoms with Crippen LogP contribution in [0.3, 0.4) is 0 Å². The van der Waals surface area contributed by atoms with Crippen LogP contribution in [0.4, 0.5) is 5.82 Å². The predicted molar refractivity (Wildman–Crippen MR) is 89.3 cm³/mol. The molecule has 0 fully saturated rings. The first-order valence-corrected chi connectivity index (χ1v) is 7.40. The second-order valence-corrected chi connectivity index (χ2v) is 5.82. The normalized spacial score (nSPS) is 12.0. The minimum Gasteiger partial charge on any atom is -0.363 e. The number of hydrogen-bond acceptors (Lipinski definition) is 4. The molecule has 0 aliphatic rings. The number of nitrogens with zero attached hydrogens (tertiary/aromatic N) is 3. The zero-order valence-corrected chi connectivity index (χ0v) is 13.7. The van der Waals surface area contributed by atoms with E-state index in [1.54, 1.807) is 7.05 Å². The summed E-state index contributed by atoms with van der Waals surface area (Å²) < 4.78 is 2.24. The van der Waals surface area contributed by atoms with Gasteiger partial charge in [0.05, 0.1) is 6.04 Å². The summed E-state index contributed by atoms with van der Waals surface area (Å²) in [5, 5.41) is 12.6. The lowest BCUT2D eigenvalue weighted by Crippen LogP contribution is -2.40. The van der Waals surface area contributed by atoms with Gasteiger partial charge in [0.2, 0.25) is 0 Å². The van der Waals surface area contributed by atoms with Gasteiger partial charge in [-0.05, 0) is 11.5 Å². The SMILES string of the molecule is CC(C)[C@H](Nc1c(C#N)c(=O)n(C)c(=O)n1C)c1ccccc1. The van der Waals surface area contributed by atoms with Gasteiger partial charge in [0.15, 0.2) is 5.56 Å². The Morgan fingerprint density at radius 1 is 1.09 bits per heavy atom. The van der Waals surface area contributed by atoms with Crippen molar-refractivity contribution >= 4 is 5.82 Å². The van der Waals surface area contributed by atoms with Crippen molar-refractivity contribution < 1.29 is 0 Å². The first kappa shape index (κ1) is 16.6. The molecule has 1 atom stereocenters.